The Balaban J connectivity index is 1.85. The molecule has 2 atom stereocenters. The standard InChI is InChI=1S/C20H23F6N3O2/c1-10-18(30)27-6-7-29(10)19(31)28-17(12-8-14(21)16(23)15(22)9-12)11-2-4-13(5-3-11)20(24,25)26/h8-11,13,17H,2-7H2,1H3,(H,27,30)(H,28,31)/t10-,11?,13?,17+/m1/s1. The molecule has 172 valence electrons. The van der Waals surface area contributed by atoms with E-state index in [4.69, 9.17) is 0 Å². The number of urea groups is 1. The molecule has 1 aromatic rings. The predicted molar refractivity (Wildman–Crippen MR) is 98.3 cm³/mol. The summed E-state index contributed by atoms with van der Waals surface area (Å²) in [6, 6.07) is -1.03. The van der Waals surface area contributed by atoms with Gasteiger partial charge in [0.2, 0.25) is 5.91 Å². The highest BCUT2D eigenvalue weighted by atomic mass is 19.4. The molecule has 0 bridgehead atoms. The molecule has 1 aliphatic carbocycles. The number of piperazine rings is 1. The maximum atomic E-state index is 13.9. The second-order valence-electron chi connectivity index (χ2n) is 8.04. The van der Waals surface area contributed by atoms with Gasteiger partial charge in [-0.2, -0.15) is 13.2 Å². The number of carbonyl (C=O) groups excluding carboxylic acids is 2. The van der Waals surface area contributed by atoms with Crippen LogP contribution in [0.5, 0.6) is 0 Å². The Hall–Kier alpha value is -2.46. The summed E-state index contributed by atoms with van der Waals surface area (Å²) in [6.07, 6.45) is -4.59. The molecule has 1 aromatic carbocycles. The van der Waals surface area contributed by atoms with Crippen LogP contribution in [-0.2, 0) is 4.79 Å². The summed E-state index contributed by atoms with van der Waals surface area (Å²) in [7, 11) is 0. The van der Waals surface area contributed by atoms with Crippen LogP contribution >= 0.6 is 0 Å². The number of nitrogens with one attached hydrogen (secondary N) is 2. The third-order valence-electron chi connectivity index (χ3n) is 6.11. The van der Waals surface area contributed by atoms with Crippen LogP contribution in [0.15, 0.2) is 12.1 Å². The van der Waals surface area contributed by atoms with Crippen molar-refractivity contribution in [3.05, 3.63) is 35.1 Å². The quantitative estimate of drug-likeness (QED) is 0.538. The summed E-state index contributed by atoms with van der Waals surface area (Å²) in [4.78, 5) is 25.9. The second-order valence-corrected chi connectivity index (χ2v) is 8.04. The SMILES string of the molecule is C[C@@H]1C(=O)NCCN1C(=O)N[C@H](c1cc(F)c(F)c(F)c1)C1CCC(C(F)(F)F)CC1. The van der Waals surface area contributed by atoms with Gasteiger partial charge >= 0.3 is 12.2 Å². The lowest BCUT2D eigenvalue weighted by Crippen LogP contribution is -2.58. The van der Waals surface area contributed by atoms with E-state index in [-0.39, 0.29) is 50.2 Å². The van der Waals surface area contributed by atoms with Crippen LogP contribution in [0.25, 0.3) is 0 Å². The Bertz CT molecular complexity index is 816. The van der Waals surface area contributed by atoms with Gasteiger partial charge < -0.3 is 15.5 Å². The molecule has 0 spiro atoms. The van der Waals surface area contributed by atoms with E-state index in [1.807, 2.05) is 0 Å². The molecular weight excluding hydrogens is 428 g/mol. The highest BCUT2D eigenvalue weighted by Gasteiger charge is 2.43. The first kappa shape index (κ1) is 23.2. The van der Waals surface area contributed by atoms with Gasteiger partial charge in [0.15, 0.2) is 17.5 Å². The van der Waals surface area contributed by atoms with Crippen molar-refractivity contribution >= 4 is 11.9 Å². The second kappa shape index (κ2) is 8.96. The maximum absolute atomic E-state index is 13.9. The van der Waals surface area contributed by atoms with Crippen molar-refractivity contribution in [1.82, 2.24) is 15.5 Å². The molecule has 2 aliphatic rings. The monoisotopic (exact) mass is 451 g/mol. The lowest BCUT2D eigenvalue weighted by molar-refractivity contribution is -0.184. The van der Waals surface area contributed by atoms with Crippen LogP contribution in [0.4, 0.5) is 31.1 Å². The van der Waals surface area contributed by atoms with Crippen LogP contribution in [0.1, 0.15) is 44.2 Å². The number of hydrogen-bond acceptors (Lipinski definition) is 2. The van der Waals surface area contributed by atoms with Gasteiger partial charge in [-0.1, -0.05) is 0 Å². The Morgan fingerprint density at radius 1 is 1.13 bits per heavy atom. The fourth-order valence-corrected chi connectivity index (χ4v) is 4.28. The van der Waals surface area contributed by atoms with Gasteiger partial charge in [-0.25, -0.2) is 18.0 Å². The Kier molecular flexibility index (Phi) is 6.70. The van der Waals surface area contributed by atoms with Crippen LogP contribution < -0.4 is 10.6 Å². The number of halogens is 6. The minimum absolute atomic E-state index is 0.0613. The fraction of sp³-hybridized carbons (Fsp3) is 0.600. The van der Waals surface area contributed by atoms with Crippen molar-refractivity contribution in [3.8, 4) is 0 Å². The molecule has 31 heavy (non-hydrogen) atoms. The van der Waals surface area contributed by atoms with E-state index >= 15 is 0 Å². The van der Waals surface area contributed by atoms with Gasteiger partial charge in [0.25, 0.3) is 0 Å². The Morgan fingerprint density at radius 2 is 1.71 bits per heavy atom. The number of carbonyl (C=O) groups is 2. The van der Waals surface area contributed by atoms with Crippen molar-refractivity contribution in [3.63, 3.8) is 0 Å². The number of benzene rings is 1. The number of rotatable bonds is 3. The molecule has 1 saturated carbocycles. The fourth-order valence-electron chi connectivity index (χ4n) is 4.28. The lowest BCUT2D eigenvalue weighted by atomic mass is 9.76. The zero-order chi connectivity index (χ0) is 22.9. The van der Waals surface area contributed by atoms with Gasteiger partial charge in [0, 0.05) is 13.1 Å². The van der Waals surface area contributed by atoms with Gasteiger partial charge in [-0.15, -0.1) is 0 Å². The normalized spacial score (nSPS) is 25.7. The van der Waals surface area contributed by atoms with Crippen LogP contribution in [0.2, 0.25) is 0 Å². The molecule has 2 fully saturated rings. The molecule has 0 aromatic heterocycles. The summed E-state index contributed by atoms with van der Waals surface area (Å²) in [5.41, 5.74) is -0.0747. The lowest BCUT2D eigenvalue weighted by Gasteiger charge is -2.38. The minimum Gasteiger partial charge on any atom is -0.353 e. The van der Waals surface area contributed by atoms with Crippen molar-refractivity contribution in [1.29, 1.82) is 0 Å². The Labute approximate surface area is 175 Å². The van der Waals surface area contributed by atoms with Crippen molar-refractivity contribution in [2.45, 2.75) is 50.9 Å². The summed E-state index contributed by atoms with van der Waals surface area (Å²) >= 11 is 0. The molecular formula is C20H23F6N3O2. The van der Waals surface area contributed by atoms with Crippen molar-refractivity contribution in [2.75, 3.05) is 13.1 Å². The molecule has 0 unspecified atom stereocenters. The molecule has 1 aliphatic heterocycles. The summed E-state index contributed by atoms with van der Waals surface area (Å²) in [6.45, 7) is 1.92. The van der Waals surface area contributed by atoms with E-state index in [1.165, 1.54) is 11.8 Å². The predicted octanol–water partition coefficient (Wildman–Crippen LogP) is 4.04. The number of hydrogen-bond donors (Lipinski definition) is 2. The summed E-state index contributed by atoms with van der Waals surface area (Å²) < 4.78 is 80.2. The first-order chi connectivity index (χ1) is 14.5. The first-order valence-corrected chi connectivity index (χ1v) is 10.0. The zero-order valence-electron chi connectivity index (χ0n) is 16.7. The topological polar surface area (TPSA) is 61.4 Å². The van der Waals surface area contributed by atoms with E-state index in [1.54, 1.807) is 0 Å². The zero-order valence-corrected chi connectivity index (χ0v) is 16.7. The summed E-state index contributed by atoms with van der Waals surface area (Å²) in [5, 5.41) is 5.22. The molecule has 5 nitrogen and oxygen atoms in total. The van der Waals surface area contributed by atoms with Gasteiger partial charge in [0.05, 0.1) is 12.0 Å². The van der Waals surface area contributed by atoms with Crippen molar-refractivity contribution < 1.29 is 35.9 Å². The van der Waals surface area contributed by atoms with Crippen LogP contribution in [0, 0.1) is 29.3 Å². The van der Waals surface area contributed by atoms with E-state index in [0.29, 0.717) is 0 Å². The maximum Gasteiger partial charge on any atom is 0.391 e. The number of alkyl halides is 3. The molecule has 2 N–H and O–H groups in total. The molecule has 3 rings (SSSR count). The first-order valence-electron chi connectivity index (χ1n) is 10.0. The molecule has 3 amide bonds. The Morgan fingerprint density at radius 3 is 2.26 bits per heavy atom. The van der Waals surface area contributed by atoms with Crippen LogP contribution in [-0.4, -0.2) is 42.1 Å². The van der Waals surface area contributed by atoms with Gasteiger partial charge in [0.1, 0.15) is 6.04 Å². The largest absolute Gasteiger partial charge is 0.391 e. The minimum atomic E-state index is -4.34. The summed E-state index contributed by atoms with van der Waals surface area (Å²) in [5.74, 6) is -6.97. The molecule has 11 heteroatoms. The number of nitrogens with zero attached hydrogens (tertiary/aromatic N) is 1. The van der Waals surface area contributed by atoms with Gasteiger partial charge in [-0.3, -0.25) is 4.79 Å². The van der Waals surface area contributed by atoms with E-state index in [0.717, 1.165) is 12.1 Å². The van der Waals surface area contributed by atoms with E-state index in [9.17, 15) is 35.9 Å². The van der Waals surface area contributed by atoms with Gasteiger partial charge in [-0.05, 0) is 56.2 Å². The average molecular weight is 451 g/mol. The number of amides is 3. The molecule has 0 radical (unpaired) electrons. The average Bonchev–Trinajstić information content (AvgIpc) is 2.71. The highest BCUT2D eigenvalue weighted by Crippen LogP contribution is 2.43. The third-order valence-corrected chi connectivity index (χ3v) is 6.11. The van der Waals surface area contributed by atoms with E-state index in [2.05, 4.69) is 10.6 Å². The molecule has 1 heterocycles. The smallest absolute Gasteiger partial charge is 0.353 e. The van der Waals surface area contributed by atoms with E-state index < -0.39 is 53.6 Å². The van der Waals surface area contributed by atoms with Crippen LogP contribution in [0.3, 0.4) is 0 Å². The van der Waals surface area contributed by atoms with Crippen molar-refractivity contribution in [2.24, 2.45) is 11.8 Å². The molecule has 1 saturated heterocycles. The third kappa shape index (κ3) is 5.07. The highest BCUT2D eigenvalue weighted by molar-refractivity contribution is 5.88.